The summed E-state index contributed by atoms with van der Waals surface area (Å²) in [6.07, 6.45) is 4.80. The zero-order valence-corrected chi connectivity index (χ0v) is 17.2. The fourth-order valence-corrected chi connectivity index (χ4v) is 3.59. The highest BCUT2D eigenvalue weighted by molar-refractivity contribution is 7.80. The van der Waals surface area contributed by atoms with Crippen molar-refractivity contribution >= 4 is 28.9 Å². The molecule has 0 unspecified atom stereocenters. The van der Waals surface area contributed by atoms with Crippen LogP contribution >= 0.6 is 23.8 Å². The number of hydrogen-bond donors (Lipinski definition) is 3. The number of aromatic nitrogens is 2. The first-order valence-electron chi connectivity index (χ1n) is 9.32. The Morgan fingerprint density at radius 3 is 2.74 bits per heavy atom. The number of nitrogens with zero attached hydrogens (tertiary/aromatic N) is 2. The Labute approximate surface area is 170 Å². The molecule has 27 heavy (non-hydrogen) atoms. The van der Waals surface area contributed by atoms with Gasteiger partial charge in [-0.25, -0.2) is 4.98 Å². The van der Waals surface area contributed by atoms with Crippen LogP contribution in [0.5, 0.6) is 0 Å². The zero-order valence-electron chi connectivity index (χ0n) is 15.6. The van der Waals surface area contributed by atoms with Crippen LogP contribution in [0.25, 0.3) is 0 Å². The van der Waals surface area contributed by atoms with Crippen molar-refractivity contribution < 1.29 is 9.64 Å². The average molecular weight is 409 g/mol. The minimum Gasteiger partial charge on any atom is -0.370 e. The third-order valence-corrected chi connectivity index (χ3v) is 5.30. The molecule has 0 radical (unpaired) electrons. The van der Waals surface area contributed by atoms with Crippen molar-refractivity contribution in [2.24, 2.45) is 7.05 Å². The van der Waals surface area contributed by atoms with Crippen LogP contribution < -0.4 is 15.5 Å². The molecule has 0 saturated carbocycles. The van der Waals surface area contributed by atoms with Gasteiger partial charge in [0.1, 0.15) is 25.0 Å². The topological polar surface area (TPSA) is 55.5 Å². The van der Waals surface area contributed by atoms with Gasteiger partial charge in [0.15, 0.2) is 5.11 Å². The van der Waals surface area contributed by atoms with Crippen LogP contribution in [0, 0.1) is 0 Å². The molecule has 2 aromatic rings. The standard InChI is InChI=1S/C19H26ClN5OS/c1-24-10-8-21-18(24)17(15-3-5-16(20)6-4-15)23-19(27)22-7-2-9-25-11-13-26-14-12-25/h3-6,8,10,17H,2,7,9,11-14H2,1H3,(H2,22,23,27)/p+1/t17-/m1/s1. The predicted molar refractivity (Wildman–Crippen MR) is 111 cm³/mol. The molecule has 0 amide bonds. The normalized spacial score (nSPS) is 16.1. The number of ether oxygens (including phenoxy) is 1. The molecule has 1 aliphatic heterocycles. The molecule has 2 heterocycles. The van der Waals surface area contributed by atoms with Crippen LogP contribution in [0.15, 0.2) is 36.7 Å². The van der Waals surface area contributed by atoms with E-state index in [1.807, 2.05) is 42.1 Å². The zero-order chi connectivity index (χ0) is 19.1. The Hall–Kier alpha value is -1.67. The molecule has 1 aromatic carbocycles. The van der Waals surface area contributed by atoms with Gasteiger partial charge in [0.05, 0.1) is 19.8 Å². The van der Waals surface area contributed by atoms with E-state index in [0.717, 1.165) is 57.2 Å². The second kappa shape index (κ2) is 10.0. The molecule has 3 rings (SSSR count). The molecule has 146 valence electrons. The molecule has 1 saturated heterocycles. The number of benzene rings is 1. The number of aryl methyl sites for hydroxylation is 1. The first kappa shape index (κ1) is 20.1. The summed E-state index contributed by atoms with van der Waals surface area (Å²) >= 11 is 11.6. The molecule has 1 aliphatic rings. The lowest BCUT2D eigenvalue weighted by molar-refractivity contribution is -0.908. The molecule has 6 nitrogen and oxygen atoms in total. The summed E-state index contributed by atoms with van der Waals surface area (Å²) in [6, 6.07) is 7.64. The van der Waals surface area contributed by atoms with Crippen molar-refractivity contribution in [3.8, 4) is 0 Å². The van der Waals surface area contributed by atoms with Gasteiger partial charge in [0.2, 0.25) is 0 Å². The molecule has 1 aromatic heterocycles. The number of imidazole rings is 1. The second-order valence-electron chi connectivity index (χ2n) is 6.75. The summed E-state index contributed by atoms with van der Waals surface area (Å²) in [5, 5.41) is 8.08. The molecular formula is C19H27ClN5OS+. The lowest BCUT2D eigenvalue weighted by Gasteiger charge is -2.24. The van der Waals surface area contributed by atoms with Gasteiger partial charge < -0.3 is 24.8 Å². The first-order valence-corrected chi connectivity index (χ1v) is 10.1. The Balaban J connectivity index is 1.54. The molecule has 8 heteroatoms. The number of rotatable bonds is 7. The van der Waals surface area contributed by atoms with E-state index in [9.17, 15) is 0 Å². The van der Waals surface area contributed by atoms with Gasteiger partial charge in [0, 0.05) is 37.4 Å². The van der Waals surface area contributed by atoms with E-state index in [-0.39, 0.29) is 6.04 Å². The maximum atomic E-state index is 6.04. The van der Waals surface area contributed by atoms with Crippen LogP contribution in [-0.2, 0) is 11.8 Å². The van der Waals surface area contributed by atoms with E-state index < -0.39 is 0 Å². The third-order valence-electron chi connectivity index (χ3n) is 4.79. The minimum absolute atomic E-state index is 0.132. The third kappa shape index (κ3) is 5.90. The van der Waals surface area contributed by atoms with E-state index >= 15 is 0 Å². The van der Waals surface area contributed by atoms with Crippen LogP contribution in [0.2, 0.25) is 5.02 Å². The highest BCUT2D eigenvalue weighted by Gasteiger charge is 2.19. The smallest absolute Gasteiger partial charge is 0.167 e. The van der Waals surface area contributed by atoms with Gasteiger partial charge in [-0.15, -0.1) is 0 Å². The first-order chi connectivity index (χ1) is 13.1. The van der Waals surface area contributed by atoms with Gasteiger partial charge in [-0.3, -0.25) is 0 Å². The van der Waals surface area contributed by atoms with Crippen LogP contribution in [-0.4, -0.2) is 54.1 Å². The summed E-state index contributed by atoms with van der Waals surface area (Å²) in [6.45, 7) is 5.92. The van der Waals surface area contributed by atoms with Gasteiger partial charge in [-0.1, -0.05) is 23.7 Å². The van der Waals surface area contributed by atoms with Crippen LogP contribution in [0.4, 0.5) is 0 Å². The summed E-state index contributed by atoms with van der Waals surface area (Å²) < 4.78 is 7.40. The van der Waals surface area contributed by atoms with E-state index in [4.69, 9.17) is 28.6 Å². The van der Waals surface area contributed by atoms with Crippen molar-refractivity contribution in [2.75, 3.05) is 39.4 Å². The molecule has 0 bridgehead atoms. The maximum absolute atomic E-state index is 6.04. The second-order valence-corrected chi connectivity index (χ2v) is 7.59. The van der Waals surface area contributed by atoms with Crippen molar-refractivity contribution in [3.05, 3.63) is 53.1 Å². The van der Waals surface area contributed by atoms with E-state index in [2.05, 4.69) is 15.6 Å². The Morgan fingerprint density at radius 1 is 1.33 bits per heavy atom. The summed E-state index contributed by atoms with van der Waals surface area (Å²) in [5.41, 5.74) is 1.07. The molecular weight excluding hydrogens is 382 g/mol. The van der Waals surface area contributed by atoms with Crippen LogP contribution in [0.1, 0.15) is 23.9 Å². The number of nitrogens with one attached hydrogen (secondary N) is 3. The number of quaternary nitrogens is 1. The van der Waals surface area contributed by atoms with E-state index in [1.54, 1.807) is 11.1 Å². The predicted octanol–water partition coefficient (Wildman–Crippen LogP) is 0.932. The highest BCUT2D eigenvalue weighted by atomic mass is 35.5. The molecule has 3 N–H and O–H groups in total. The quantitative estimate of drug-likeness (QED) is 0.470. The fourth-order valence-electron chi connectivity index (χ4n) is 3.24. The Morgan fingerprint density at radius 2 is 2.07 bits per heavy atom. The molecule has 1 atom stereocenters. The number of thiocarbonyl (C=S) groups is 1. The number of halogens is 1. The monoisotopic (exact) mass is 408 g/mol. The van der Waals surface area contributed by atoms with Crippen LogP contribution in [0.3, 0.4) is 0 Å². The largest absolute Gasteiger partial charge is 0.370 e. The number of morpholine rings is 1. The van der Waals surface area contributed by atoms with Crippen molar-refractivity contribution in [1.29, 1.82) is 0 Å². The SMILES string of the molecule is Cn1ccnc1[C@H](NC(=S)NCCC[NH+]1CCOCC1)c1ccc(Cl)cc1. The average Bonchev–Trinajstić information content (AvgIpc) is 3.11. The minimum atomic E-state index is -0.132. The van der Waals surface area contributed by atoms with Gasteiger partial charge in [0.25, 0.3) is 0 Å². The maximum Gasteiger partial charge on any atom is 0.167 e. The van der Waals surface area contributed by atoms with Crippen molar-refractivity contribution in [2.45, 2.75) is 12.5 Å². The molecule has 1 fully saturated rings. The van der Waals surface area contributed by atoms with E-state index in [0.29, 0.717) is 10.1 Å². The van der Waals surface area contributed by atoms with Crippen molar-refractivity contribution in [1.82, 2.24) is 20.2 Å². The molecule has 0 aliphatic carbocycles. The highest BCUT2D eigenvalue weighted by Crippen LogP contribution is 2.22. The van der Waals surface area contributed by atoms with Gasteiger partial charge >= 0.3 is 0 Å². The Kier molecular flexibility index (Phi) is 7.46. The molecule has 0 spiro atoms. The Bertz CT molecular complexity index is 730. The number of hydrogen-bond acceptors (Lipinski definition) is 3. The summed E-state index contributed by atoms with van der Waals surface area (Å²) in [4.78, 5) is 6.10. The lowest BCUT2D eigenvalue weighted by atomic mass is 10.1. The van der Waals surface area contributed by atoms with Crippen molar-refractivity contribution in [3.63, 3.8) is 0 Å². The fraction of sp³-hybridized carbons (Fsp3) is 0.474. The lowest BCUT2D eigenvalue weighted by Crippen LogP contribution is -3.14. The summed E-state index contributed by atoms with van der Waals surface area (Å²) in [5.74, 6) is 0.902. The van der Waals surface area contributed by atoms with Gasteiger partial charge in [-0.2, -0.15) is 0 Å². The summed E-state index contributed by atoms with van der Waals surface area (Å²) in [7, 11) is 1.98. The van der Waals surface area contributed by atoms with Gasteiger partial charge in [-0.05, 0) is 29.9 Å². The van der Waals surface area contributed by atoms with E-state index in [1.165, 1.54) is 0 Å².